The molecule has 3 rings (SSSR count). The minimum atomic E-state index is -4.01. The first-order chi connectivity index (χ1) is 12.8. The van der Waals surface area contributed by atoms with Crippen molar-refractivity contribution >= 4 is 10.3 Å². The fourth-order valence-electron chi connectivity index (χ4n) is 2.93. The number of hydrogen-bond donors (Lipinski definition) is 1. The Morgan fingerprint density at radius 3 is 2.89 bits per heavy atom. The summed E-state index contributed by atoms with van der Waals surface area (Å²) in [7, 11) is -4.01. The van der Waals surface area contributed by atoms with Crippen LogP contribution >= 0.6 is 0 Å². The molecule has 0 aliphatic carbocycles. The maximum absolute atomic E-state index is 14.5. The molecule has 3 heterocycles. The summed E-state index contributed by atoms with van der Waals surface area (Å²) in [6.45, 7) is 2.37. The predicted octanol–water partition coefficient (Wildman–Crippen LogP) is 0.124. The van der Waals surface area contributed by atoms with Crippen LogP contribution in [0.3, 0.4) is 0 Å². The monoisotopic (exact) mass is 400 g/mol. The molecule has 11 heteroatoms. The molecule has 0 saturated carbocycles. The van der Waals surface area contributed by atoms with Gasteiger partial charge in [0.1, 0.15) is 18.9 Å². The van der Waals surface area contributed by atoms with E-state index in [9.17, 15) is 17.7 Å². The second-order valence-corrected chi connectivity index (χ2v) is 8.04. The summed E-state index contributed by atoms with van der Waals surface area (Å²) >= 11 is 0. The quantitative estimate of drug-likeness (QED) is 0.415. The zero-order chi connectivity index (χ0) is 19.6. The van der Waals surface area contributed by atoms with Gasteiger partial charge >= 0.3 is 5.69 Å². The summed E-state index contributed by atoms with van der Waals surface area (Å²) in [5.74, 6) is 2.31. The molecule has 0 aromatic carbocycles. The van der Waals surface area contributed by atoms with Gasteiger partial charge in [0.05, 0.1) is 12.6 Å². The first kappa shape index (κ1) is 19.8. The SMILES string of the molecule is C#CCOC[C@H]1O[C@@H](n2cc(C)c(=O)[nH]c2=O)C[C@@H]1N=S(=O)(F)N1CCC1. The Kier molecular flexibility index (Phi) is 5.81. The van der Waals surface area contributed by atoms with Crippen LogP contribution in [0.2, 0.25) is 0 Å². The highest BCUT2D eigenvalue weighted by atomic mass is 32.3. The van der Waals surface area contributed by atoms with Crippen molar-refractivity contribution in [3.8, 4) is 12.3 Å². The van der Waals surface area contributed by atoms with Crippen molar-refractivity contribution in [2.24, 2.45) is 4.36 Å². The number of H-pyrrole nitrogens is 1. The fourth-order valence-corrected chi connectivity index (χ4v) is 4.32. The van der Waals surface area contributed by atoms with Gasteiger partial charge < -0.3 is 9.47 Å². The van der Waals surface area contributed by atoms with Crippen molar-refractivity contribution < 1.29 is 17.6 Å². The van der Waals surface area contributed by atoms with E-state index in [4.69, 9.17) is 15.9 Å². The lowest BCUT2D eigenvalue weighted by atomic mass is 10.1. The molecule has 4 atom stereocenters. The highest BCUT2D eigenvalue weighted by molar-refractivity contribution is 7.86. The largest absolute Gasteiger partial charge is 0.366 e. The average molecular weight is 400 g/mol. The van der Waals surface area contributed by atoms with E-state index in [1.807, 2.05) is 0 Å². The molecule has 0 spiro atoms. The van der Waals surface area contributed by atoms with Crippen LogP contribution in [0.4, 0.5) is 3.89 Å². The lowest BCUT2D eigenvalue weighted by Crippen LogP contribution is -2.40. The van der Waals surface area contributed by atoms with Gasteiger partial charge in [-0.25, -0.2) is 4.79 Å². The highest BCUT2D eigenvalue weighted by Gasteiger charge is 2.39. The molecule has 27 heavy (non-hydrogen) atoms. The minimum absolute atomic E-state index is 0.0153. The van der Waals surface area contributed by atoms with Gasteiger partial charge in [-0.15, -0.1) is 10.3 Å². The number of hydrogen-bond acceptors (Lipinski definition) is 6. The lowest BCUT2D eigenvalue weighted by molar-refractivity contribution is -0.0404. The first-order valence-electron chi connectivity index (χ1n) is 8.51. The maximum Gasteiger partial charge on any atom is 0.330 e. The van der Waals surface area contributed by atoms with Crippen LogP contribution in [0.5, 0.6) is 0 Å². The Balaban J connectivity index is 1.87. The molecule has 2 aliphatic heterocycles. The molecule has 9 nitrogen and oxygen atoms in total. The van der Waals surface area contributed by atoms with Crippen molar-refractivity contribution in [1.29, 1.82) is 0 Å². The van der Waals surface area contributed by atoms with Gasteiger partial charge in [0.2, 0.25) is 0 Å². The molecule has 2 fully saturated rings. The van der Waals surface area contributed by atoms with Crippen molar-refractivity contribution in [3.05, 3.63) is 32.6 Å². The van der Waals surface area contributed by atoms with Gasteiger partial charge in [0.15, 0.2) is 0 Å². The van der Waals surface area contributed by atoms with Crippen molar-refractivity contribution in [2.75, 3.05) is 26.3 Å². The van der Waals surface area contributed by atoms with Crippen molar-refractivity contribution in [1.82, 2.24) is 13.9 Å². The van der Waals surface area contributed by atoms with Crippen LogP contribution in [0.1, 0.15) is 24.6 Å². The highest BCUT2D eigenvalue weighted by Crippen LogP contribution is 2.32. The molecule has 148 valence electrons. The number of ether oxygens (including phenoxy) is 2. The zero-order valence-corrected chi connectivity index (χ0v) is 15.6. The van der Waals surface area contributed by atoms with E-state index < -0.39 is 39.9 Å². The average Bonchev–Trinajstić information content (AvgIpc) is 2.91. The molecule has 0 bridgehead atoms. The summed E-state index contributed by atoms with van der Waals surface area (Å²) < 4.78 is 44.1. The van der Waals surface area contributed by atoms with Crippen LogP contribution in [-0.4, -0.2) is 56.5 Å². The van der Waals surface area contributed by atoms with Crippen LogP contribution in [-0.2, 0) is 19.8 Å². The maximum atomic E-state index is 14.5. The molecule has 2 saturated heterocycles. The second kappa shape index (κ2) is 7.93. The van der Waals surface area contributed by atoms with Gasteiger partial charge in [-0.05, 0) is 13.3 Å². The summed E-state index contributed by atoms with van der Waals surface area (Å²) in [4.78, 5) is 25.8. The third-order valence-electron chi connectivity index (χ3n) is 4.53. The predicted molar refractivity (Wildman–Crippen MR) is 95.9 cm³/mol. The zero-order valence-electron chi connectivity index (χ0n) is 14.8. The molecule has 0 radical (unpaired) electrons. The Bertz CT molecular complexity index is 970. The Labute approximate surface area is 156 Å². The van der Waals surface area contributed by atoms with Crippen LogP contribution in [0.15, 0.2) is 20.1 Å². The first-order valence-corrected chi connectivity index (χ1v) is 9.88. The van der Waals surface area contributed by atoms with E-state index >= 15 is 0 Å². The third-order valence-corrected chi connectivity index (χ3v) is 6.06. The number of nitrogens with zero attached hydrogens (tertiary/aromatic N) is 3. The van der Waals surface area contributed by atoms with E-state index in [-0.39, 0.29) is 19.6 Å². The van der Waals surface area contributed by atoms with E-state index in [1.54, 1.807) is 6.92 Å². The Hall–Kier alpha value is -2.00. The smallest absolute Gasteiger partial charge is 0.330 e. The molecule has 0 amide bonds. The number of aromatic amines is 1. The number of halogens is 1. The minimum Gasteiger partial charge on any atom is -0.366 e. The topological polar surface area (TPSA) is 106 Å². The van der Waals surface area contributed by atoms with E-state index in [2.05, 4.69) is 15.3 Å². The molecule has 1 unspecified atom stereocenters. The summed E-state index contributed by atoms with van der Waals surface area (Å²) in [6, 6.07) is -0.787. The summed E-state index contributed by atoms with van der Waals surface area (Å²) in [5.41, 5.74) is -0.814. The molecule has 1 aromatic heterocycles. The van der Waals surface area contributed by atoms with Crippen molar-refractivity contribution in [3.63, 3.8) is 0 Å². The molecular formula is C16H21FN4O5S. The van der Waals surface area contributed by atoms with E-state index in [0.717, 1.165) is 6.42 Å². The number of rotatable bonds is 6. The van der Waals surface area contributed by atoms with Gasteiger partial charge in [-0.2, -0.15) is 12.9 Å². The fraction of sp³-hybridized carbons (Fsp3) is 0.625. The van der Waals surface area contributed by atoms with Crippen LogP contribution < -0.4 is 11.2 Å². The van der Waals surface area contributed by atoms with Crippen molar-refractivity contribution in [2.45, 2.75) is 38.1 Å². The second-order valence-electron chi connectivity index (χ2n) is 6.45. The number of terminal acetylenes is 1. The van der Waals surface area contributed by atoms with Crippen LogP contribution in [0, 0.1) is 19.3 Å². The lowest BCUT2D eigenvalue weighted by Gasteiger charge is -2.29. The normalized spacial score (nSPS) is 27.5. The molecular weight excluding hydrogens is 379 g/mol. The Morgan fingerprint density at radius 2 is 2.26 bits per heavy atom. The molecule has 2 aliphatic rings. The van der Waals surface area contributed by atoms with Gasteiger partial charge in [0, 0.05) is 31.3 Å². The van der Waals surface area contributed by atoms with Crippen LogP contribution in [0.25, 0.3) is 0 Å². The van der Waals surface area contributed by atoms with Gasteiger partial charge in [-0.3, -0.25) is 14.3 Å². The van der Waals surface area contributed by atoms with Gasteiger partial charge in [0.25, 0.3) is 15.9 Å². The number of nitrogens with one attached hydrogen (secondary N) is 1. The molecule has 1 N–H and O–H groups in total. The summed E-state index contributed by atoms with van der Waals surface area (Å²) in [5, 5.41) is 0. The van der Waals surface area contributed by atoms with E-state index in [1.165, 1.54) is 15.1 Å². The number of aromatic nitrogens is 2. The Morgan fingerprint density at radius 1 is 1.52 bits per heavy atom. The third kappa shape index (κ3) is 4.30. The summed E-state index contributed by atoms with van der Waals surface area (Å²) in [6.07, 6.45) is 5.88. The molecule has 1 aromatic rings. The standard InChI is InChI=1S/C16H21FN4O5S/c1-3-7-25-10-13-12(19-27(17,24)20-5-4-6-20)8-14(26-13)21-9-11(2)15(22)18-16(21)23/h1,9,12-14H,4-8,10H2,2H3,(H,18,22,23)/t12-,13+,14+,27?/m0/s1. The number of aryl methyl sites for hydroxylation is 1. The van der Waals surface area contributed by atoms with E-state index in [0.29, 0.717) is 18.7 Å². The van der Waals surface area contributed by atoms with Gasteiger partial charge in [-0.1, -0.05) is 5.92 Å².